The Bertz CT molecular complexity index is 649. The lowest BCUT2D eigenvalue weighted by Crippen LogP contribution is -2.32. The minimum Gasteiger partial charge on any atom is -0.325 e. The normalized spacial score (nSPS) is 9.90. The quantitative estimate of drug-likeness (QED) is 0.909. The van der Waals surface area contributed by atoms with Gasteiger partial charge in [0, 0.05) is 30.5 Å². The maximum absolute atomic E-state index is 12.7. The molecule has 106 valence electrons. The van der Waals surface area contributed by atoms with Crippen molar-refractivity contribution in [3.05, 3.63) is 59.9 Å². The predicted molar refractivity (Wildman–Crippen MR) is 80.5 cm³/mol. The van der Waals surface area contributed by atoms with E-state index in [0.717, 1.165) is 5.69 Å². The van der Waals surface area contributed by atoms with Crippen molar-refractivity contribution in [2.75, 3.05) is 11.4 Å². The minimum atomic E-state index is -0.159. The topological polar surface area (TPSA) is 83.0 Å². The van der Waals surface area contributed by atoms with Gasteiger partial charge in [0.05, 0.1) is 18.2 Å². The van der Waals surface area contributed by atoms with E-state index in [4.69, 9.17) is 11.0 Å². The van der Waals surface area contributed by atoms with Gasteiger partial charge in [0.2, 0.25) is 0 Å². The first-order chi connectivity index (χ1) is 10.3. The highest BCUT2D eigenvalue weighted by Crippen LogP contribution is 2.17. The van der Waals surface area contributed by atoms with Gasteiger partial charge in [0.15, 0.2) is 0 Å². The van der Waals surface area contributed by atoms with Gasteiger partial charge in [-0.25, -0.2) is 0 Å². The molecule has 2 rings (SSSR count). The molecule has 0 atom stereocenters. The Morgan fingerprint density at radius 2 is 2.05 bits per heavy atom. The maximum Gasteiger partial charge on any atom is 0.258 e. The van der Waals surface area contributed by atoms with Crippen molar-refractivity contribution >= 4 is 11.6 Å². The van der Waals surface area contributed by atoms with Gasteiger partial charge < -0.3 is 10.6 Å². The molecule has 0 aliphatic heterocycles. The second-order valence-electron chi connectivity index (χ2n) is 4.44. The summed E-state index contributed by atoms with van der Waals surface area (Å²) in [5.74, 6) is -0.159. The van der Waals surface area contributed by atoms with E-state index in [1.807, 2.05) is 30.3 Å². The number of nitrogens with two attached hydrogens (primary N) is 1. The first-order valence-electron chi connectivity index (χ1n) is 6.65. The van der Waals surface area contributed by atoms with Crippen LogP contribution in [0.4, 0.5) is 5.69 Å². The second kappa shape index (κ2) is 7.17. The van der Waals surface area contributed by atoms with Crippen LogP contribution in [-0.4, -0.2) is 17.4 Å². The van der Waals surface area contributed by atoms with Crippen molar-refractivity contribution in [3.8, 4) is 6.07 Å². The van der Waals surface area contributed by atoms with Crippen molar-refractivity contribution in [2.45, 2.75) is 13.0 Å². The molecule has 2 N–H and O–H groups in total. The van der Waals surface area contributed by atoms with Gasteiger partial charge in [-0.05, 0) is 24.3 Å². The number of nitriles is 1. The third kappa shape index (κ3) is 3.65. The molecule has 1 amide bonds. The zero-order chi connectivity index (χ0) is 15.1. The molecule has 0 spiro atoms. The number of benzene rings is 1. The number of anilines is 1. The summed E-state index contributed by atoms with van der Waals surface area (Å²) in [6.07, 6.45) is 1.85. The lowest BCUT2D eigenvalue weighted by Gasteiger charge is -2.22. The van der Waals surface area contributed by atoms with Crippen LogP contribution in [0, 0.1) is 11.3 Å². The number of hydrogen-bond donors (Lipinski definition) is 1. The van der Waals surface area contributed by atoms with Crippen molar-refractivity contribution < 1.29 is 4.79 Å². The number of rotatable bonds is 5. The Labute approximate surface area is 123 Å². The smallest absolute Gasteiger partial charge is 0.258 e. The van der Waals surface area contributed by atoms with E-state index in [1.165, 1.54) is 0 Å². The van der Waals surface area contributed by atoms with Crippen LogP contribution in [0.15, 0.2) is 48.7 Å². The molecular weight excluding hydrogens is 264 g/mol. The molecule has 0 aliphatic rings. The number of aromatic nitrogens is 1. The van der Waals surface area contributed by atoms with Gasteiger partial charge in [0.25, 0.3) is 5.91 Å². The van der Waals surface area contributed by atoms with Crippen LogP contribution in [0.1, 0.15) is 22.5 Å². The Morgan fingerprint density at radius 3 is 2.71 bits per heavy atom. The van der Waals surface area contributed by atoms with Gasteiger partial charge in [-0.15, -0.1) is 0 Å². The summed E-state index contributed by atoms with van der Waals surface area (Å²) in [5.41, 5.74) is 7.51. The van der Waals surface area contributed by atoms with E-state index in [9.17, 15) is 4.79 Å². The molecule has 5 heteroatoms. The third-order valence-corrected chi connectivity index (χ3v) is 3.03. The van der Waals surface area contributed by atoms with Gasteiger partial charge in [-0.1, -0.05) is 18.2 Å². The zero-order valence-electron chi connectivity index (χ0n) is 11.6. The number of para-hydroxylation sites is 1. The predicted octanol–water partition coefficient (Wildman–Crippen LogP) is 2.10. The number of amides is 1. The highest BCUT2D eigenvalue weighted by molar-refractivity contribution is 6.06. The molecule has 0 unspecified atom stereocenters. The highest BCUT2D eigenvalue weighted by Gasteiger charge is 2.17. The Morgan fingerprint density at radius 1 is 1.29 bits per heavy atom. The molecule has 21 heavy (non-hydrogen) atoms. The van der Waals surface area contributed by atoms with Crippen LogP contribution in [0.5, 0.6) is 0 Å². The number of hydrogen-bond acceptors (Lipinski definition) is 4. The van der Waals surface area contributed by atoms with E-state index >= 15 is 0 Å². The summed E-state index contributed by atoms with van der Waals surface area (Å²) in [6, 6.07) is 14.7. The molecule has 0 aliphatic carbocycles. The fourth-order valence-corrected chi connectivity index (χ4v) is 2.00. The Hall–Kier alpha value is -2.71. The number of nitrogens with zero attached hydrogens (tertiary/aromatic N) is 3. The minimum absolute atomic E-state index is 0.159. The molecule has 2 aromatic rings. The van der Waals surface area contributed by atoms with Crippen molar-refractivity contribution in [1.29, 1.82) is 5.26 Å². The molecule has 1 aromatic carbocycles. The molecule has 0 saturated heterocycles. The molecule has 0 radical (unpaired) electrons. The lowest BCUT2D eigenvalue weighted by atomic mass is 10.1. The van der Waals surface area contributed by atoms with Gasteiger partial charge in [-0.2, -0.15) is 5.26 Å². The fraction of sp³-hybridized carbons (Fsp3) is 0.188. The SMILES string of the molecule is N#CCCN(C(=O)c1ccnc(CN)c1)c1ccccc1. The standard InChI is InChI=1S/C16H16N4O/c17-8-4-10-20(15-5-2-1-3-6-15)16(21)13-7-9-19-14(11-13)12-18/h1-3,5-7,9,11H,4,10,12,18H2. The zero-order valence-corrected chi connectivity index (χ0v) is 11.6. The van der Waals surface area contributed by atoms with Gasteiger partial charge >= 0.3 is 0 Å². The van der Waals surface area contributed by atoms with Gasteiger partial charge in [-0.3, -0.25) is 9.78 Å². The molecule has 0 bridgehead atoms. The van der Waals surface area contributed by atoms with E-state index in [2.05, 4.69) is 11.1 Å². The van der Waals surface area contributed by atoms with E-state index in [-0.39, 0.29) is 18.9 Å². The summed E-state index contributed by atoms with van der Waals surface area (Å²) in [4.78, 5) is 18.3. The monoisotopic (exact) mass is 280 g/mol. The van der Waals surface area contributed by atoms with E-state index < -0.39 is 0 Å². The van der Waals surface area contributed by atoms with Crippen molar-refractivity contribution in [2.24, 2.45) is 5.73 Å². The molecule has 1 heterocycles. The highest BCUT2D eigenvalue weighted by atomic mass is 16.2. The molecule has 5 nitrogen and oxygen atoms in total. The Balaban J connectivity index is 2.32. The number of pyridine rings is 1. The molecular formula is C16H16N4O. The second-order valence-corrected chi connectivity index (χ2v) is 4.44. The summed E-state index contributed by atoms with van der Waals surface area (Å²) < 4.78 is 0. The van der Waals surface area contributed by atoms with Gasteiger partial charge in [0.1, 0.15) is 0 Å². The van der Waals surface area contributed by atoms with Crippen LogP contribution in [-0.2, 0) is 6.54 Å². The largest absolute Gasteiger partial charge is 0.325 e. The molecule has 1 aromatic heterocycles. The van der Waals surface area contributed by atoms with Crippen LogP contribution < -0.4 is 10.6 Å². The maximum atomic E-state index is 12.7. The summed E-state index contributed by atoms with van der Waals surface area (Å²) in [7, 11) is 0. The average molecular weight is 280 g/mol. The van der Waals surface area contributed by atoms with Crippen molar-refractivity contribution in [1.82, 2.24) is 4.98 Å². The van der Waals surface area contributed by atoms with E-state index in [1.54, 1.807) is 23.2 Å². The van der Waals surface area contributed by atoms with Crippen molar-refractivity contribution in [3.63, 3.8) is 0 Å². The fourth-order valence-electron chi connectivity index (χ4n) is 2.00. The summed E-state index contributed by atoms with van der Waals surface area (Å²) in [6.45, 7) is 0.629. The van der Waals surface area contributed by atoms with Crippen LogP contribution in [0.2, 0.25) is 0 Å². The van der Waals surface area contributed by atoms with E-state index in [0.29, 0.717) is 17.8 Å². The van der Waals surface area contributed by atoms with Crippen LogP contribution >= 0.6 is 0 Å². The first-order valence-corrected chi connectivity index (χ1v) is 6.65. The first kappa shape index (κ1) is 14.7. The third-order valence-electron chi connectivity index (χ3n) is 3.03. The average Bonchev–Trinajstić information content (AvgIpc) is 2.56. The Kier molecular flexibility index (Phi) is 5.02. The lowest BCUT2D eigenvalue weighted by molar-refractivity contribution is 0.0987. The van der Waals surface area contributed by atoms with Crippen LogP contribution in [0.3, 0.4) is 0 Å². The molecule has 0 saturated carbocycles. The molecule has 0 fully saturated rings. The summed E-state index contributed by atoms with van der Waals surface area (Å²) in [5, 5.41) is 8.78. The summed E-state index contributed by atoms with van der Waals surface area (Å²) >= 11 is 0. The number of carbonyl (C=O) groups is 1. The number of carbonyl (C=O) groups excluding carboxylic acids is 1. The van der Waals surface area contributed by atoms with Crippen LogP contribution in [0.25, 0.3) is 0 Å².